The minimum Gasteiger partial charge on any atom is -0.481 e. The lowest BCUT2D eigenvalue weighted by Gasteiger charge is -2.10. The molecule has 3 aromatic rings. The first kappa shape index (κ1) is 12.4. The van der Waals surface area contributed by atoms with Crippen molar-refractivity contribution in [3.63, 3.8) is 0 Å². The van der Waals surface area contributed by atoms with E-state index in [2.05, 4.69) is 29.2 Å². The zero-order valence-corrected chi connectivity index (χ0v) is 11.3. The average molecular weight is 261 g/mol. The summed E-state index contributed by atoms with van der Waals surface area (Å²) in [7, 11) is 1.63. The van der Waals surface area contributed by atoms with E-state index in [4.69, 9.17) is 4.74 Å². The first-order valence-electron chi connectivity index (χ1n) is 6.54. The Hall–Kier alpha value is -2.61. The topological polar surface area (TPSA) is 22.1 Å². The summed E-state index contributed by atoms with van der Waals surface area (Å²) < 4.78 is 5.21. The lowest BCUT2D eigenvalue weighted by Crippen LogP contribution is -1.91. The van der Waals surface area contributed by atoms with Gasteiger partial charge < -0.3 is 4.74 Å². The quantitative estimate of drug-likeness (QED) is 0.696. The Morgan fingerprint density at radius 2 is 1.40 bits per heavy atom. The first-order chi connectivity index (χ1) is 9.88. The van der Waals surface area contributed by atoms with Crippen LogP contribution >= 0.6 is 0 Å². The Kier molecular flexibility index (Phi) is 3.46. The molecule has 1 heterocycles. The van der Waals surface area contributed by atoms with Crippen LogP contribution < -0.4 is 4.74 Å². The van der Waals surface area contributed by atoms with Crippen LogP contribution in [0.4, 0.5) is 0 Å². The molecular weight excluding hydrogens is 246 g/mol. The number of pyridine rings is 1. The van der Waals surface area contributed by atoms with Crippen molar-refractivity contribution in [1.29, 1.82) is 0 Å². The van der Waals surface area contributed by atoms with Crippen LogP contribution in [-0.4, -0.2) is 12.1 Å². The lowest BCUT2D eigenvalue weighted by molar-refractivity contribution is 0.398. The Morgan fingerprint density at radius 3 is 2.15 bits per heavy atom. The van der Waals surface area contributed by atoms with Crippen LogP contribution in [0.2, 0.25) is 0 Å². The molecule has 2 heteroatoms. The molecule has 0 aliphatic heterocycles. The number of ether oxygens (including phenoxy) is 1. The summed E-state index contributed by atoms with van der Waals surface area (Å²) in [4.78, 5) is 4.53. The standard InChI is InChI=1S/C18H15NO/c1-20-18-13-7-12-17(19-18)16-11-6-5-10-15(16)14-8-3-2-4-9-14/h2-13H,1H3. The molecule has 0 saturated carbocycles. The summed E-state index contributed by atoms with van der Waals surface area (Å²) in [5.41, 5.74) is 4.39. The molecule has 20 heavy (non-hydrogen) atoms. The highest BCUT2D eigenvalue weighted by Gasteiger charge is 2.08. The molecule has 0 aliphatic carbocycles. The van der Waals surface area contributed by atoms with E-state index in [0.29, 0.717) is 5.88 Å². The smallest absolute Gasteiger partial charge is 0.213 e. The summed E-state index contributed by atoms with van der Waals surface area (Å²) in [5.74, 6) is 0.630. The number of rotatable bonds is 3. The summed E-state index contributed by atoms with van der Waals surface area (Å²) in [5, 5.41) is 0. The maximum absolute atomic E-state index is 5.21. The predicted octanol–water partition coefficient (Wildman–Crippen LogP) is 4.42. The van der Waals surface area contributed by atoms with Gasteiger partial charge in [-0.25, -0.2) is 4.98 Å². The SMILES string of the molecule is COc1cccc(-c2ccccc2-c2ccccc2)n1. The number of nitrogens with zero attached hydrogens (tertiary/aromatic N) is 1. The zero-order valence-electron chi connectivity index (χ0n) is 11.3. The number of methoxy groups -OCH3 is 1. The van der Waals surface area contributed by atoms with Gasteiger partial charge in [-0.05, 0) is 17.2 Å². The molecule has 0 fully saturated rings. The largest absolute Gasteiger partial charge is 0.481 e. The van der Waals surface area contributed by atoms with Gasteiger partial charge in [0.15, 0.2) is 0 Å². The van der Waals surface area contributed by atoms with E-state index in [9.17, 15) is 0 Å². The van der Waals surface area contributed by atoms with E-state index < -0.39 is 0 Å². The van der Waals surface area contributed by atoms with Crippen molar-refractivity contribution in [3.8, 4) is 28.3 Å². The predicted molar refractivity (Wildman–Crippen MR) is 81.7 cm³/mol. The molecule has 0 amide bonds. The molecule has 2 aromatic carbocycles. The highest BCUT2D eigenvalue weighted by molar-refractivity contribution is 5.81. The Bertz CT molecular complexity index is 707. The van der Waals surface area contributed by atoms with E-state index in [0.717, 1.165) is 11.3 Å². The molecule has 0 atom stereocenters. The van der Waals surface area contributed by atoms with Crippen molar-refractivity contribution in [2.75, 3.05) is 7.11 Å². The highest BCUT2D eigenvalue weighted by atomic mass is 16.5. The molecule has 3 rings (SSSR count). The molecule has 0 bridgehead atoms. The third-order valence-electron chi connectivity index (χ3n) is 3.22. The minimum absolute atomic E-state index is 0.630. The molecule has 0 spiro atoms. The second-order valence-electron chi connectivity index (χ2n) is 4.48. The van der Waals surface area contributed by atoms with E-state index in [-0.39, 0.29) is 0 Å². The van der Waals surface area contributed by atoms with E-state index in [1.54, 1.807) is 7.11 Å². The van der Waals surface area contributed by atoms with Crippen LogP contribution in [0.1, 0.15) is 0 Å². The van der Waals surface area contributed by atoms with Gasteiger partial charge in [-0.15, -0.1) is 0 Å². The van der Waals surface area contributed by atoms with E-state index in [1.165, 1.54) is 11.1 Å². The number of hydrogen-bond donors (Lipinski definition) is 0. The van der Waals surface area contributed by atoms with Crippen molar-refractivity contribution in [2.24, 2.45) is 0 Å². The maximum atomic E-state index is 5.21. The lowest BCUT2D eigenvalue weighted by atomic mass is 9.97. The van der Waals surface area contributed by atoms with Gasteiger partial charge in [0.25, 0.3) is 0 Å². The van der Waals surface area contributed by atoms with Crippen molar-refractivity contribution in [1.82, 2.24) is 4.98 Å². The molecule has 1 aromatic heterocycles. The van der Waals surface area contributed by atoms with Crippen LogP contribution in [-0.2, 0) is 0 Å². The van der Waals surface area contributed by atoms with E-state index in [1.807, 2.05) is 48.5 Å². The Morgan fingerprint density at radius 1 is 0.700 bits per heavy atom. The van der Waals surface area contributed by atoms with Crippen LogP contribution in [0, 0.1) is 0 Å². The summed E-state index contributed by atoms with van der Waals surface area (Å²) in [6.45, 7) is 0. The summed E-state index contributed by atoms with van der Waals surface area (Å²) in [6, 6.07) is 24.4. The van der Waals surface area contributed by atoms with Gasteiger partial charge in [-0.2, -0.15) is 0 Å². The van der Waals surface area contributed by atoms with Gasteiger partial charge in [0.2, 0.25) is 5.88 Å². The third kappa shape index (κ3) is 2.41. The first-order valence-corrected chi connectivity index (χ1v) is 6.54. The molecular formula is C18H15NO. The molecule has 0 radical (unpaired) electrons. The Labute approximate surface area is 118 Å². The van der Waals surface area contributed by atoms with Gasteiger partial charge in [0, 0.05) is 11.6 Å². The molecule has 2 nitrogen and oxygen atoms in total. The maximum Gasteiger partial charge on any atom is 0.213 e. The molecule has 98 valence electrons. The summed E-state index contributed by atoms with van der Waals surface area (Å²) >= 11 is 0. The molecule has 0 aliphatic rings. The normalized spacial score (nSPS) is 10.2. The van der Waals surface area contributed by atoms with Gasteiger partial charge >= 0.3 is 0 Å². The van der Waals surface area contributed by atoms with Crippen molar-refractivity contribution >= 4 is 0 Å². The second kappa shape index (κ2) is 5.57. The van der Waals surface area contributed by atoms with Gasteiger partial charge in [0.1, 0.15) is 0 Å². The fourth-order valence-corrected chi connectivity index (χ4v) is 2.25. The van der Waals surface area contributed by atoms with Crippen molar-refractivity contribution in [2.45, 2.75) is 0 Å². The molecule has 0 unspecified atom stereocenters. The fraction of sp³-hybridized carbons (Fsp3) is 0.0556. The summed E-state index contributed by atoms with van der Waals surface area (Å²) in [6.07, 6.45) is 0. The van der Waals surface area contributed by atoms with Crippen LogP contribution in [0.25, 0.3) is 22.4 Å². The highest BCUT2D eigenvalue weighted by Crippen LogP contribution is 2.31. The molecule has 0 N–H and O–H groups in total. The monoisotopic (exact) mass is 261 g/mol. The van der Waals surface area contributed by atoms with Crippen molar-refractivity contribution < 1.29 is 4.74 Å². The van der Waals surface area contributed by atoms with E-state index >= 15 is 0 Å². The van der Waals surface area contributed by atoms with Crippen LogP contribution in [0.15, 0.2) is 72.8 Å². The van der Waals surface area contributed by atoms with Crippen LogP contribution in [0.5, 0.6) is 5.88 Å². The van der Waals surface area contributed by atoms with Gasteiger partial charge in [0.05, 0.1) is 12.8 Å². The third-order valence-corrected chi connectivity index (χ3v) is 3.22. The van der Waals surface area contributed by atoms with Gasteiger partial charge in [-0.3, -0.25) is 0 Å². The number of hydrogen-bond acceptors (Lipinski definition) is 2. The zero-order chi connectivity index (χ0) is 13.8. The average Bonchev–Trinajstić information content (AvgIpc) is 2.56. The number of aromatic nitrogens is 1. The van der Waals surface area contributed by atoms with Crippen LogP contribution in [0.3, 0.4) is 0 Å². The molecule has 0 saturated heterocycles. The number of benzene rings is 2. The minimum atomic E-state index is 0.630. The Balaban J connectivity index is 2.15. The second-order valence-corrected chi connectivity index (χ2v) is 4.48. The van der Waals surface area contributed by atoms with Crippen molar-refractivity contribution in [3.05, 3.63) is 72.8 Å². The fourth-order valence-electron chi connectivity index (χ4n) is 2.25. The van der Waals surface area contributed by atoms with Gasteiger partial charge in [-0.1, -0.05) is 60.7 Å².